The Balaban J connectivity index is 3.51. The molecular weight excluding hydrogens is 434 g/mol. The summed E-state index contributed by atoms with van der Waals surface area (Å²) < 4.78 is 0. The zero-order valence-electron chi connectivity index (χ0n) is 23.6. The number of hydrogen-bond acceptors (Lipinski definition) is 3. The number of carbonyl (C=O) groups excluding carboxylic acids is 1. The molecule has 0 radical (unpaired) electrons. The van der Waals surface area contributed by atoms with E-state index in [9.17, 15) is 15.0 Å². The summed E-state index contributed by atoms with van der Waals surface area (Å²) in [6.45, 7) is 4.18. The van der Waals surface area contributed by atoms with Crippen LogP contribution in [0, 0.1) is 0 Å². The molecule has 0 saturated carbocycles. The Morgan fingerprint density at radius 3 is 1.49 bits per heavy atom. The van der Waals surface area contributed by atoms with Crippen LogP contribution in [0.4, 0.5) is 0 Å². The highest BCUT2D eigenvalue weighted by Crippen LogP contribution is 2.14. The highest BCUT2D eigenvalue weighted by Gasteiger charge is 2.17. The molecule has 2 unspecified atom stereocenters. The third-order valence-corrected chi connectivity index (χ3v) is 7.02. The van der Waals surface area contributed by atoms with Gasteiger partial charge >= 0.3 is 0 Å². The molecule has 0 spiro atoms. The molecule has 0 aliphatic rings. The van der Waals surface area contributed by atoms with Crippen LogP contribution in [0.15, 0.2) is 12.2 Å². The van der Waals surface area contributed by atoms with Crippen LogP contribution in [0.1, 0.15) is 162 Å². The van der Waals surface area contributed by atoms with Gasteiger partial charge in [-0.3, -0.25) is 4.79 Å². The molecule has 0 aromatic heterocycles. The second-order valence-corrected chi connectivity index (χ2v) is 10.5. The van der Waals surface area contributed by atoms with Gasteiger partial charge in [-0.05, 0) is 19.3 Å². The summed E-state index contributed by atoms with van der Waals surface area (Å²) in [5.41, 5.74) is 0. The van der Waals surface area contributed by atoms with E-state index in [1.165, 1.54) is 103 Å². The predicted octanol–water partition coefficient (Wildman–Crippen LogP) is 8.39. The van der Waals surface area contributed by atoms with E-state index in [-0.39, 0.29) is 12.5 Å². The SMILES string of the molecule is CCCCCCCCCCCCCCCCCCC/C=C/C(O)C(CO)NC(=O)CCCCCC. The van der Waals surface area contributed by atoms with Crippen molar-refractivity contribution in [3.63, 3.8) is 0 Å². The summed E-state index contributed by atoms with van der Waals surface area (Å²) >= 11 is 0. The molecule has 3 N–H and O–H groups in total. The van der Waals surface area contributed by atoms with Crippen molar-refractivity contribution < 1.29 is 15.0 Å². The van der Waals surface area contributed by atoms with Gasteiger partial charge < -0.3 is 15.5 Å². The van der Waals surface area contributed by atoms with Crippen LogP contribution < -0.4 is 5.32 Å². The van der Waals surface area contributed by atoms with Crippen molar-refractivity contribution in [1.29, 1.82) is 0 Å². The maximum absolute atomic E-state index is 12.0. The summed E-state index contributed by atoms with van der Waals surface area (Å²) in [5, 5.41) is 22.5. The number of aliphatic hydroxyl groups excluding tert-OH is 2. The van der Waals surface area contributed by atoms with Gasteiger partial charge in [-0.15, -0.1) is 0 Å². The lowest BCUT2D eigenvalue weighted by molar-refractivity contribution is -0.123. The topological polar surface area (TPSA) is 69.6 Å². The molecule has 0 saturated heterocycles. The van der Waals surface area contributed by atoms with Crippen molar-refractivity contribution in [3.05, 3.63) is 12.2 Å². The molecule has 0 aliphatic carbocycles. The monoisotopic (exact) mass is 495 g/mol. The molecular formula is C31H61NO3. The lowest BCUT2D eigenvalue weighted by atomic mass is 10.0. The molecule has 2 atom stereocenters. The molecule has 0 bridgehead atoms. The van der Waals surface area contributed by atoms with Crippen LogP contribution >= 0.6 is 0 Å². The van der Waals surface area contributed by atoms with Crippen LogP contribution in [-0.2, 0) is 4.79 Å². The van der Waals surface area contributed by atoms with E-state index in [1.807, 2.05) is 6.08 Å². The van der Waals surface area contributed by atoms with Crippen LogP contribution in [0.25, 0.3) is 0 Å². The van der Waals surface area contributed by atoms with E-state index in [0.29, 0.717) is 6.42 Å². The summed E-state index contributed by atoms with van der Waals surface area (Å²) in [6, 6.07) is -0.611. The van der Waals surface area contributed by atoms with Gasteiger partial charge in [0.15, 0.2) is 0 Å². The maximum Gasteiger partial charge on any atom is 0.220 e. The summed E-state index contributed by atoms with van der Waals surface area (Å²) in [4.78, 5) is 12.0. The van der Waals surface area contributed by atoms with Gasteiger partial charge in [-0.2, -0.15) is 0 Å². The molecule has 4 nitrogen and oxygen atoms in total. The quantitative estimate of drug-likeness (QED) is 0.0791. The van der Waals surface area contributed by atoms with E-state index in [2.05, 4.69) is 19.2 Å². The molecule has 0 aliphatic heterocycles. The second kappa shape index (κ2) is 27.7. The number of aliphatic hydroxyl groups is 2. The zero-order chi connectivity index (χ0) is 25.8. The van der Waals surface area contributed by atoms with E-state index in [1.54, 1.807) is 6.08 Å². The fraction of sp³-hybridized carbons (Fsp3) is 0.903. The first-order chi connectivity index (χ1) is 17.2. The number of unbranched alkanes of at least 4 members (excludes halogenated alkanes) is 20. The normalized spacial score (nSPS) is 13.4. The van der Waals surface area contributed by atoms with E-state index in [4.69, 9.17) is 0 Å². The lowest BCUT2D eigenvalue weighted by Crippen LogP contribution is -2.45. The first-order valence-corrected chi connectivity index (χ1v) is 15.4. The van der Waals surface area contributed by atoms with Gasteiger partial charge in [0, 0.05) is 6.42 Å². The van der Waals surface area contributed by atoms with Crippen molar-refractivity contribution in [2.24, 2.45) is 0 Å². The Morgan fingerprint density at radius 1 is 0.657 bits per heavy atom. The molecule has 0 aromatic carbocycles. The van der Waals surface area contributed by atoms with Crippen molar-refractivity contribution in [1.82, 2.24) is 5.32 Å². The highest BCUT2D eigenvalue weighted by molar-refractivity contribution is 5.76. The largest absolute Gasteiger partial charge is 0.394 e. The Labute approximate surface area is 218 Å². The second-order valence-electron chi connectivity index (χ2n) is 10.5. The zero-order valence-corrected chi connectivity index (χ0v) is 23.6. The molecule has 1 amide bonds. The van der Waals surface area contributed by atoms with Gasteiger partial charge in [0.25, 0.3) is 0 Å². The van der Waals surface area contributed by atoms with Gasteiger partial charge in [0.2, 0.25) is 5.91 Å². The first-order valence-electron chi connectivity index (χ1n) is 15.4. The minimum absolute atomic E-state index is 0.0826. The predicted molar refractivity (Wildman–Crippen MR) is 152 cm³/mol. The van der Waals surface area contributed by atoms with Crippen LogP contribution in [0.5, 0.6) is 0 Å². The molecule has 0 heterocycles. The lowest BCUT2D eigenvalue weighted by Gasteiger charge is -2.19. The van der Waals surface area contributed by atoms with Gasteiger partial charge in [-0.1, -0.05) is 148 Å². The van der Waals surface area contributed by atoms with Crippen molar-refractivity contribution in [2.75, 3.05) is 6.61 Å². The number of carbonyl (C=O) groups is 1. The van der Waals surface area contributed by atoms with E-state index in [0.717, 1.165) is 38.5 Å². The highest BCUT2D eigenvalue weighted by atomic mass is 16.3. The minimum atomic E-state index is -0.828. The maximum atomic E-state index is 12.0. The smallest absolute Gasteiger partial charge is 0.220 e. The van der Waals surface area contributed by atoms with Crippen molar-refractivity contribution in [3.8, 4) is 0 Å². The first kappa shape index (κ1) is 34.1. The fourth-order valence-corrected chi connectivity index (χ4v) is 4.59. The van der Waals surface area contributed by atoms with E-state index < -0.39 is 12.1 Å². The van der Waals surface area contributed by atoms with Gasteiger partial charge in [-0.25, -0.2) is 0 Å². The summed E-state index contributed by atoms with van der Waals surface area (Å²) in [6.07, 6.45) is 31.9. The number of amides is 1. The third-order valence-electron chi connectivity index (χ3n) is 7.02. The number of hydrogen-bond donors (Lipinski definition) is 3. The molecule has 35 heavy (non-hydrogen) atoms. The average Bonchev–Trinajstić information content (AvgIpc) is 2.86. The number of allylic oxidation sites excluding steroid dienone is 1. The third kappa shape index (κ3) is 24.6. The summed E-state index contributed by atoms with van der Waals surface area (Å²) in [7, 11) is 0. The van der Waals surface area contributed by atoms with Crippen molar-refractivity contribution >= 4 is 5.91 Å². The minimum Gasteiger partial charge on any atom is -0.394 e. The Kier molecular flexibility index (Phi) is 27.0. The Hall–Kier alpha value is -0.870. The standard InChI is InChI=1S/C31H61NO3/c1-3-5-7-9-10-11-12-13-14-15-16-17-18-19-20-21-22-23-24-26-30(34)29(28-33)32-31(35)27-25-8-6-4-2/h24,26,29-30,33-34H,3-23,25,27-28H2,1-2H3,(H,32,35)/b26-24+. The number of rotatable bonds is 27. The van der Waals surface area contributed by atoms with Gasteiger partial charge in [0.1, 0.15) is 0 Å². The Morgan fingerprint density at radius 2 is 1.06 bits per heavy atom. The Bertz CT molecular complexity index is 466. The fourth-order valence-electron chi connectivity index (χ4n) is 4.59. The van der Waals surface area contributed by atoms with Crippen molar-refractivity contribution in [2.45, 2.75) is 174 Å². The summed E-state index contributed by atoms with van der Waals surface area (Å²) in [5.74, 6) is -0.0826. The molecule has 0 rings (SSSR count). The number of nitrogens with one attached hydrogen (secondary N) is 1. The van der Waals surface area contributed by atoms with Crippen LogP contribution in [-0.4, -0.2) is 34.9 Å². The molecule has 208 valence electrons. The average molecular weight is 496 g/mol. The molecule has 4 heteroatoms. The molecule has 0 aromatic rings. The van der Waals surface area contributed by atoms with Crippen LogP contribution in [0.2, 0.25) is 0 Å². The molecule has 0 fully saturated rings. The van der Waals surface area contributed by atoms with E-state index >= 15 is 0 Å². The van der Waals surface area contributed by atoms with Gasteiger partial charge in [0.05, 0.1) is 18.8 Å². The van der Waals surface area contributed by atoms with Crippen LogP contribution in [0.3, 0.4) is 0 Å².